The van der Waals surface area contributed by atoms with Crippen LogP contribution in [-0.2, 0) is 23.4 Å². The Morgan fingerprint density at radius 3 is 2.16 bits per heavy atom. The van der Waals surface area contributed by atoms with E-state index in [4.69, 9.17) is 4.74 Å². The first-order valence-corrected chi connectivity index (χ1v) is 11.2. The first-order valence-electron chi connectivity index (χ1n) is 11.2. The number of benzene rings is 2. The van der Waals surface area contributed by atoms with E-state index < -0.39 is 28.8 Å². The molecular weight excluding hydrogens is 396 g/mol. The van der Waals surface area contributed by atoms with Gasteiger partial charge in [-0.05, 0) is 36.6 Å². The van der Waals surface area contributed by atoms with Crippen molar-refractivity contribution in [2.24, 2.45) is 0 Å². The normalized spacial score (nSPS) is 17.9. The highest BCUT2D eigenvalue weighted by Crippen LogP contribution is 2.42. The van der Waals surface area contributed by atoms with Crippen LogP contribution in [-0.4, -0.2) is 26.2 Å². The fourth-order valence-corrected chi connectivity index (χ4v) is 3.99. The Morgan fingerprint density at radius 2 is 1.52 bits per heavy atom. The third-order valence-corrected chi connectivity index (χ3v) is 5.90. The molecule has 0 amide bonds. The maximum absolute atomic E-state index is 12.6. The molecule has 0 bridgehead atoms. The first-order chi connectivity index (χ1) is 14.8. The largest absolute Gasteiger partial charge is 0.504 e. The van der Waals surface area contributed by atoms with Gasteiger partial charge in [0, 0.05) is 17.5 Å². The topological polar surface area (TPSA) is 107 Å². The van der Waals surface area contributed by atoms with Crippen LogP contribution in [0.1, 0.15) is 75.0 Å². The van der Waals surface area contributed by atoms with E-state index in [0.29, 0.717) is 11.3 Å². The fraction of sp³-hybridized carbons (Fsp3) is 0.480. The maximum atomic E-state index is 12.6. The van der Waals surface area contributed by atoms with E-state index in [-0.39, 0.29) is 12.0 Å². The Kier molecular flexibility index (Phi) is 7.44. The molecule has 1 heterocycles. The lowest BCUT2D eigenvalue weighted by Crippen LogP contribution is -2.45. The summed E-state index contributed by atoms with van der Waals surface area (Å²) in [7, 11) is 0. The lowest BCUT2D eigenvalue weighted by Gasteiger charge is -2.33. The average Bonchev–Trinajstić information content (AvgIpc) is 2.74. The highest BCUT2D eigenvalue weighted by Gasteiger charge is 2.45. The zero-order valence-corrected chi connectivity index (χ0v) is 18.1. The van der Waals surface area contributed by atoms with Gasteiger partial charge in [-0.1, -0.05) is 64.0 Å². The standard InChI is InChI=1S/C25H32O6/c1-2-3-4-5-6-7-8-9-10-17-11-12-18-14-23(28)25(30,31-22(18)13-17)19-15-20(26)24(29)21(27)16-19/h11-13,15-16,26-27,29-30H,2-10,14H2,1H3. The summed E-state index contributed by atoms with van der Waals surface area (Å²) in [6.45, 7) is 2.22. The van der Waals surface area contributed by atoms with Crippen LogP contribution < -0.4 is 4.74 Å². The average molecular weight is 429 g/mol. The smallest absolute Gasteiger partial charge is 0.295 e. The number of fused-ring (bicyclic) bond motifs is 1. The summed E-state index contributed by atoms with van der Waals surface area (Å²) in [5, 5.41) is 40.0. The highest BCUT2D eigenvalue weighted by molar-refractivity contribution is 5.91. The van der Waals surface area contributed by atoms with Crippen molar-refractivity contribution in [3.8, 4) is 23.0 Å². The van der Waals surface area contributed by atoms with Gasteiger partial charge in [-0.2, -0.15) is 0 Å². The molecule has 0 fully saturated rings. The lowest BCUT2D eigenvalue weighted by atomic mass is 9.91. The monoisotopic (exact) mass is 428 g/mol. The molecule has 6 heteroatoms. The second-order valence-corrected chi connectivity index (χ2v) is 8.38. The van der Waals surface area contributed by atoms with Crippen LogP contribution in [0.25, 0.3) is 0 Å². The summed E-state index contributed by atoms with van der Waals surface area (Å²) < 4.78 is 5.69. The molecule has 1 unspecified atom stereocenters. The quantitative estimate of drug-likeness (QED) is 0.319. The van der Waals surface area contributed by atoms with Crippen LogP contribution in [0.3, 0.4) is 0 Å². The summed E-state index contributed by atoms with van der Waals surface area (Å²) in [4.78, 5) is 12.6. The molecule has 2 aromatic rings. The molecule has 31 heavy (non-hydrogen) atoms. The number of unbranched alkanes of at least 4 members (excludes halogenated alkanes) is 7. The number of hydrogen-bond donors (Lipinski definition) is 4. The molecule has 1 aliphatic rings. The highest BCUT2D eigenvalue weighted by atomic mass is 16.6. The minimum atomic E-state index is -2.34. The van der Waals surface area contributed by atoms with Crippen LogP contribution in [0.5, 0.6) is 23.0 Å². The zero-order valence-electron chi connectivity index (χ0n) is 18.1. The molecule has 6 nitrogen and oxygen atoms in total. The van der Waals surface area contributed by atoms with Crippen LogP contribution in [0, 0.1) is 0 Å². The number of ketones is 1. The number of carbonyl (C=O) groups is 1. The minimum absolute atomic E-state index is 0.0354. The van der Waals surface area contributed by atoms with Crippen molar-refractivity contribution in [2.75, 3.05) is 0 Å². The molecule has 4 N–H and O–H groups in total. The molecule has 0 aliphatic carbocycles. The number of aromatic hydroxyl groups is 3. The van der Waals surface area contributed by atoms with Gasteiger partial charge in [-0.15, -0.1) is 0 Å². The van der Waals surface area contributed by atoms with Crippen molar-refractivity contribution >= 4 is 5.78 Å². The van der Waals surface area contributed by atoms with Crippen LogP contribution in [0.4, 0.5) is 0 Å². The van der Waals surface area contributed by atoms with Gasteiger partial charge in [0.05, 0.1) is 0 Å². The summed E-state index contributed by atoms with van der Waals surface area (Å²) in [5.74, 6) is -4.55. The molecule has 2 aromatic carbocycles. The van der Waals surface area contributed by atoms with E-state index in [1.807, 2.05) is 18.2 Å². The second kappa shape index (κ2) is 10.1. The number of phenols is 3. The van der Waals surface area contributed by atoms with Gasteiger partial charge in [0.2, 0.25) is 5.78 Å². The SMILES string of the molecule is CCCCCCCCCCc1ccc2c(c1)OC(O)(c1cc(O)c(O)c(O)c1)C(=O)C2. The van der Waals surface area contributed by atoms with Gasteiger partial charge >= 0.3 is 0 Å². The van der Waals surface area contributed by atoms with Gasteiger partial charge in [-0.25, -0.2) is 0 Å². The molecular formula is C25H32O6. The molecule has 1 aliphatic heterocycles. The molecule has 168 valence electrons. The Labute approximate surface area is 183 Å². The van der Waals surface area contributed by atoms with E-state index in [9.17, 15) is 25.2 Å². The van der Waals surface area contributed by atoms with Crippen molar-refractivity contribution in [1.82, 2.24) is 0 Å². The van der Waals surface area contributed by atoms with Crippen LogP contribution >= 0.6 is 0 Å². The van der Waals surface area contributed by atoms with Crippen LogP contribution in [0.2, 0.25) is 0 Å². The molecule has 0 aromatic heterocycles. The number of phenolic OH excluding ortho intramolecular Hbond substituents is 3. The predicted molar refractivity (Wildman–Crippen MR) is 117 cm³/mol. The first kappa shape index (κ1) is 22.9. The van der Waals surface area contributed by atoms with E-state index >= 15 is 0 Å². The molecule has 0 saturated carbocycles. The second-order valence-electron chi connectivity index (χ2n) is 8.38. The van der Waals surface area contributed by atoms with Gasteiger partial charge < -0.3 is 25.2 Å². The minimum Gasteiger partial charge on any atom is -0.504 e. The van der Waals surface area contributed by atoms with Gasteiger partial charge in [0.1, 0.15) is 5.75 Å². The van der Waals surface area contributed by atoms with E-state index in [1.165, 1.54) is 44.9 Å². The van der Waals surface area contributed by atoms with Crippen molar-refractivity contribution in [2.45, 2.75) is 76.9 Å². The Balaban J connectivity index is 1.65. The van der Waals surface area contributed by atoms with Gasteiger partial charge in [-0.3, -0.25) is 4.79 Å². The summed E-state index contributed by atoms with van der Waals surface area (Å²) >= 11 is 0. The number of aliphatic hydroxyl groups is 1. The molecule has 0 saturated heterocycles. The van der Waals surface area contributed by atoms with E-state index in [2.05, 4.69) is 6.92 Å². The maximum Gasteiger partial charge on any atom is 0.295 e. The molecule has 3 rings (SSSR count). The Hall–Kier alpha value is -2.73. The number of aryl methyl sites for hydroxylation is 1. The van der Waals surface area contributed by atoms with Crippen molar-refractivity contribution in [3.63, 3.8) is 0 Å². The lowest BCUT2D eigenvalue weighted by molar-refractivity contribution is -0.179. The summed E-state index contributed by atoms with van der Waals surface area (Å²) in [6, 6.07) is 7.71. The summed E-state index contributed by atoms with van der Waals surface area (Å²) in [5.41, 5.74) is 1.61. The fourth-order valence-electron chi connectivity index (χ4n) is 3.99. The third-order valence-electron chi connectivity index (χ3n) is 5.90. The molecule has 0 spiro atoms. The number of hydrogen-bond acceptors (Lipinski definition) is 6. The van der Waals surface area contributed by atoms with Gasteiger partial charge in [0.15, 0.2) is 17.2 Å². The number of ether oxygens (including phenoxy) is 1. The third kappa shape index (κ3) is 5.31. The van der Waals surface area contributed by atoms with E-state index in [0.717, 1.165) is 30.5 Å². The number of rotatable bonds is 10. The number of carbonyl (C=O) groups excluding carboxylic acids is 1. The Morgan fingerprint density at radius 1 is 0.903 bits per heavy atom. The molecule has 0 radical (unpaired) electrons. The molecule has 1 atom stereocenters. The van der Waals surface area contributed by atoms with Gasteiger partial charge in [0.25, 0.3) is 5.79 Å². The van der Waals surface area contributed by atoms with Crippen molar-refractivity contribution in [3.05, 3.63) is 47.0 Å². The van der Waals surface area contributed by atoms with E-state index in [1.54, 1.807) is 0 Å². The van der Waals surface area contributed by atoms with Crippen molar-refractivity contribution < 1.29 is 30.0 Å². The van der Waals surface area contributed by atoms with Crippen molar-refractivity contribution in [1.29, 1.82) is 0 Å². The zero-order chi connectivity index (χ0) is 22.4. The summed E-state index contributed by atoms with van der Waals surface area (Å²) in [6.07, 6.45) is 10.8. The number of Topliss-reactive ketones (excluding diaryl/α,β-unsaturated/α-hetero) is 1. The Bertz CT molecular complexity index is 899. The predicted octanol–water partition coefficient (Wildman–Crippen LogP) is 4.84. The van der Waals surface area contributed by atoms with Crippen LogP contribution in [0.15, 0.2) is 30.3 Å².